The van der Waals surface area contributed by atoms with E-state index in [1.807, 2.05) is 66.7 Å². The molecule has 0 atom stereocenters. The number of rotatable bonds is 10. The monoisotopic (exact) mass is 527 g/mol. The van der Waals surface area contributed by atoms with E-state index in [0.717, 1.165) is 11.1 Å². The second kappa shape index (κ2) is 11.2. The van der Waals surface area contributed by atoms with Crippen molar-refractivity contribution in [2.45, 2.75) is 19.8 Å². The molecular formula is C30H26NO6P. The molecule has 2 N–H and O–H groups in total. The zero-order valence-electron chi connectivity index (χ0n) is 20.5. The number of amides is 1. The summed E-state index contributed by atoms with van der Waals surface area (Å²) in [6, 6.07) is 29.3. The molecule has 7 nitrogen and oxygen atoms in total. The Hall–Kier alpha value is -4.00. The van der Waals surface area contributed by atoms with Crippen LogP contribution in [0.15, 0.2) is 104 Å². The van der Waals surface area contributed by atoms with Gasteiger partial charge in [-0.15, -0.1) is 0 Å². The summed E-state index contributed by atoms with van der Waals surface area (Å²) < 4.78 is 36.8. The number of fused-ring (bicyclic) bond motifs is 2. The van der Waals surface area contributed by atoms with Gasteiger partial charge >= 0.3 is 7.82 Å². The van der Waals surface area contributed by atoms with Gasteiger partial charge in [-0.25, -0.2) is 4.57 Å². The van der Waals surface area contributed by atoms with Gasteiger partial charge in [0.25, 0.3) is 0 Å². The molecule has 0 aromatic heterocycles. The first-order chi connectivity index (χ1) is 18.4. The van der Waals surface area contributed by atoms with Gasteiger partial charge in [0, 0.05) is 11.1 Å². The van der Waals surface area contributed by atoms with Crippen LogP contribution in [0.3, 0.4) is 0 Å². The summed E-state index contributed by atoms with van der Waals surface area (Å²) in [6.45, 7) is 4.26. The Kier molecular flexibility index (Phi) is 7.54. The molecule has 1 aliphatic heterocycles. The molecule has 38 heavy (non-hydrogen) atoms. The Labute approximate surface area is 221 Å². The van der Waals surface area contributed by atoms with Gasteiger partial charge in [0.15, 0.2) is 0 Å². The van der Waals surface area contributed by atoms with E-state index in [9.17, 15) is 9.36 Å². The van der Waals surface area contributed by atoms with Crippen LogP contribution in [0.5, 0.6) is 11.5 Å². The summed E-state index contributed by atoms with van der Waals surface area (Å²) in [5.41, 5.74) is 10.1. The molecule has 0 saturated heterocycles. The summed E-state index contributed by atoms with van der Waals surface area (Å²) in [6.07, 6.45) is 0. The van der Waals surface area contributed by atoms with Crippen LogP contribution in [0.1, 0.15) is 38.2 Å². The smallest absolute Gasteiger partial charge is 0.456 e. The molecule has 1 heterocycles. The molecule has 0 unspecified atom stereocenters. The van der Waals surface area contributed by atoms with Gasteiger partial charge in [-0.2, -0.15) is 0 Å². The maximum absolute atomic E-state index is 13.6. The lowest BCUT2D eigenvalue weighted by Crippen LogP contribution is -2.15. The van der Waals surface area contributed by atoms with E-state index in [2.05, 4.69) is 6.58 Å². The lowest BCUT2D eigenvalue weighted by atomic mass is 9.90. The average molecular weight is 528 g/mol. The molecule has 1 amide bonds. The first kappa shape index (κ1) is 25.6. The molecule has 4 aromatic carbocycles. The van der Waals surface area contributed by atoms with Crippen molar-refractivity contribution >= 4 is 19.3 Å². The zero-order valence-corrected chi connectivity index (χ0v) is 21.4. The average Bonchev–Trinajstić information content (AvgIpc) is 2.95. The molecule has 5 rings (SSSR count). The minimum Gasteiger partial charge on any atom is -0.456 e. The third-order valence-corrected chi connectivity index (χ3v) is 7.37. The Morgan fingerprint density at radius 2 is 1.32 bits per heavy atom. The summed E-state index contributed by atoms with van der Waals surface area (Å²) in [5, 5.41) is 0. The van der Waals surface area contributed by atoms with Gasteiger partial charge in [0.1, 0.15) is 11.5 Å². The summed E-state index contributed by atoms with van der Waals surface area (Å²) >= 11 is 0. The van der Waals surface area contributed by atoms with E-state index in [1.54, 1.807) is 30.3 Å². The second-order valence-corrected chi connectivity index (χ2v) is 10.4. The molecule has 4 aromatic rings. The van der Waals surface area contributed by atoms with E-state index >= 15 is 0 Å². The minimum atomic E-state index is -3.95. The molecule has 0 aliphatic carbocycles. The number of primary amides is 1. The molecule has 0 saturated carbocycles. The summed E-state index contributed by atoms with van der Waals surface area (Å²) in [5.74, 6) is 0.522. The van der Waals surface area contributed by atoms with Crippen LogP contribution < -0.4 is 10.5 Å². The maximum Gasteiger partial charge on any atom is 0.475 e. The van der Waals surface area contributed by atoms with Crippen molar-refractivity contribution in [1.82, 2.24) is 0 Å². The first-order valence-electron chi connectivity index (χ1n) is 12.0. The Balaban J connectivity index is 1.34. The largest absolute Gasteiger partial charge is 0.475 e. The van der Waals surface area contributed by atoms with E-state index in [-0.39, 0.29) is 19.8 Å². The molecule has 0 spiro atoms. The highest BCUT2D eigenvalue weighted by atomic mass is 31.2. The Morgan fingerprint density at radius 1 is 0.737 bits per heavy atom. The Bertz CT molecular complexity index is 1470. The topological polar surface area (TPSA) is 97.1 Å². The predicted molar refractivity (Wildman–Crippen MR) is 144 cm³/mol. The van der Waals surface area contributed by atoms with Gasteiger partial charge in [-0.1, -0.05) is 79.4 Å². The predicted octanol–water partition coefficient (Wildman–Crippen LogP) is 7.01. The van der Waals surface area contributed by atoms with Gasteiger partial charge in [-0.3, -0.25) is 18.4 Å². The molecule has 1 aliphatic rings. The number of benzene rings is 4. The van der Waals surface area contributed by atoms with E-state index in [0.29, 0.717) is 39.3 Å². The van der Waals surface area contributed by atoms with Crippen LogP contribution in [0.25, 0.3) is 5.57 Å². The maximum atomic E-state index is 13.6. The fourth-order valence-corrected chi connectivity index (χ4v) is 5.24. The van der Waals surface area contributed by atoms with Crippen molar-refractivity contribution in [3.8, 4) is 11.5 Å². The molecule has 8 heteroatoms. The van der Waals surface area contributed by atoms with Crippen LogP contribution in [-0.4, -0.2) is 5.91 Å². The lowest BCUT2D eigenvalue weighted by Gasteiger charge is -2.24. The highest BCUT2D eigenvalue weighted by molar-refractivity contribution is 7.48. The summed E-state index contributed by atoms with van der Waals surface area (Å²) in [7, 11) is -3.95. The molecule has 0 bridgehead atoms. The van der Waals surface area contributed by atoms with Crippen molar-refractivity contribution in [3.63, 3.8) is 0 Å². The van der Waals surface area contributed by atoms with Crippen LogP contribution in [0, 0.1) is 0 Å². The quantitative estimate of drug-likeness (QED) is 0.196. The number of hydrogen-bond donors (Lipinski definition) is 1. The van der Waals surface area contributed by atoms with Crippen LogP contribution in [0.2, 0.25) is 0 Å². The number of nitrogens with two attached hydrogens (primary N) is 1. The number of hydrogen-bond acceptors (Lipinski definition) is 6. The standard InChI is InChI=1S/C30H26NO6P/c1-21-26-17-24(15-16-27(26)37-28-14-8-13-25(29(21)28)30(31)32)20-36-38(33,34-18-22-9-4-2-5-10-22)35-19-23-11-6-3-7-12-23/h2-17H,1,18-20H2,(H2,31,32). The third-order valence-electron chi connectivity index (χ3n) is 6.04. The van der Waals surface area contributed by atoms with Crippen molar-refractivity contribution < 1.29 is 27.7 Å². The third kappa shape index (κ3) is 5.77. The first-order valence-corrected chi connectivity index (χ1v) is 13.4. The summed E-state index contributed by atoms with van der Waals surface area (Å²) in [4.78, 5) is 12.0. The van der Waals surface area contributed by atoms with E-state index in [4.69, 9.17) is 24.0 Å². The van der Waals surface area contributed by atoms with E-state index in [1.165, 1.54) is 0 Å². The highest BCUT2D eigenvalue weighted by Gasteiger charge is 2.29. The Morgan fingerprint density at radius 3 is 1.89 bits per heavy atom. The molecule has 0 radical (unpaired) electrons. The fraction of sp³-hybridized carbons (Fsp3) is 0.100. The van der Waals surface area contributed by atoms with Crippen molar-refractivity contribution in [2.75, 3.05) is 0 Å². The van der Waals surface area contributed by atoms with E-state index < -0.39 is 13.7 Å². The van der Waals surface area contributed by atoms with Crippen molar-refractivity contribution in [3.05, 3.63) is 137 Å². The SMILES string of the molecule is C=C1c2cc(COP(=O)(OCc3ccccc3)OCc3ccccc3)ccc2Oc2cccc(C(N)=O)c21. The highest BCUT2D eigenvalue weighted by Crippen LogP contribution is 2.52. The molecular weight excluding hydrogens is 501 g/mol. The van der Waals surface area contributed by atoms with Gasteiger partial charge in [0.2, 0.25) is 5.91 Å². The van der Waals surface area contributed by atoms with Gasteiger partial charge < -0.3 is 10.5 Å². The fourth-order valence-electron chi connectivity index (χ4n) is 4.10. The van der Waals surface area contributed by atoms with Crippen molar-refractivity contribution in [1.29, 1.82) is 0 Å². The lowest BCUT2D eigenvalue weighted by molar-refractivity contribution is 0.0975. The van der Waals surface area contributed by atoms with Gasteiger partial charge in [0.05, 0.1) is 25.4 Å². The number of carbonyl (C=O) groups is 1. The van der Waals surface area contributed by atoms with Crippen LogP contribution in [-0.2, 0) is 38.0 Å². The number of carbonyl (C=O) groups excluding carboxylic acids is 1. The van der Waals surface area contributed by atoms with Crippen LogP contribution >= 0.6 is 7.82 Å². The molecule has 192 valence electrons. The number of phosphoric acid groups is 1. The van der Waals surface area contributed by atoms with Crippen molar-refractivity contribution in [2.24, 2.45) is 5.73 Å². The number of ether oxygens (including phenoxy) is 1. The molecule has 0 fully saturated rings. The second-order valence-electron chi connectivity index (χ2n) is 8.69. The normalized spacial score (nSPS) is 12.4. The van der Waals surface area contributed by atoms with Crippen LogP contribution in [0.4, 0.5) is 0 Å². The minimum absolute atomic E-state index is 0.0499. The number of phosphoric ester groups is 1. The zero-order chi connectivity index (χ0) is 26.5. The van der Waals surface area contributed by atoms with Gasteiger partial charge in [-0.05, 0) is 46.5 Å².